The third-order valence-electron chi connectivity index (χ3n) is 5.18. The smallest absolute Gasteiger partial charge is 0.268 e. The molecule has 0 spiro atoms. The van der Waals surface area contributed by atoms with Gasteiger partial charge in [-0.1, -0.05) is 65.9 Å². The molecule has 4 aromatic rings. The molecule has 0 aliphatic carbocycles. The van der Waals surface area contributed by atoms with Crippen LogP contribution in [0, 0.1) is 11.3 Å². The van der Waals surface area contributed by atoms with Crippen LogP contribution in [0.15, 0.2) is 84.4 Å². The SMILES string of the molecule is CCOc1cc(C=C(C#N)C(=O)Nc2nnc(Cc3ccccc3)s2)ccc1OCCOc1ccccc1. The molecule has 1 N–H and O–H groups in total. The number of nitrogens with one attached hydrogen (secondary N) is 1. The van der Waals surface area contributed by atoms with Crippen molar-refractivity contribution in [2.45, 2.75) is 13.3 Å². The third-order valence-corrected chi connectivity index (χ3v) is 6.02. The summed E-state index contributed by atoms with van der Waals surface area (Å²) >= 11 is 1.27. The van der Waals surface area contributed by atoms with Crippen LogP contribution in [0.2, 0.25) is 0 Å². The van der Waals surface area contributed by atoms with Crippen LogP contribution in [-0.2, 0) is 11.2 Å². The molecule has 1 amide bonds. The number of ether oxygens (including phenoxy) is 3. The summed E-state index contributed by atoms with van der Waals surface area (Å²) in [7, 11) is 0. The molecule has 0 fully saturated rings. The van der Waals surface area contributed by atoms with E-state index in [4.69, 9.17) is 14.2 Å². The minimum atomic E-state index is -0.564. The lowest BCUT2D eigenvalue weighted by Crippen LogP contribution is -2.13. The van der Waals surface area contributed by atoms with Gasteiger partial charge < -0.3 is 14.2 Å². The van der Waals surface area contributed by atoms with Gasteiger partial charge >= 0.3 is 0 Å². The maximum Gasteiger partial charge on any atom is 0.268 e. The monoisotopic (exact) mass is 526 g/mol. The maximum absolute atomic E-state index is 12.8. The Labute approximate surface area is 225 Å². The Bertz CT molecular complexity index is 1420. The highest BCUT2D eigenvalue weighted by atomic mass is 32.1. The van der Waals surface area contributed by atoms with Crippen LogP contribution in [0.3, 0.4) is 0 Å². The molecule has 0 unspecified atom stereocenters. The van der Waals surface area contributed by atoms with E-state index in [0.29, 0.717) is 48.4 Å². The first-order valence-corrected chi connectivity index (χ1v) is 12.8. The van der Waals surface area contributed by atoms with E-state index in [9.17, 15) is 10.1 Å². The molecule has 0 saturated heterocycles. The van der Waals surface area contributed by atoms with E-state index in [2.05, 4.69) is 15.5 Å². The Morgan fingerprint density at radius 2 is 1.68 bits per heavy atom. The minimum Gasteiger partial charge on any atom is -0.490 e. The molecule has 0 radical (unpaired) electrons. The van der Waals surface area contributed by atoms with Gasteiger partial charge in [-0.25, -0.2) is 0 Å². The average Bonchev–Trinajstić information content (AvgIpc) is 3.38. The molecular formula is C29H26N4O4S. The average molecular weight is 527 g/mol. The first-order chi connectivity index (χ1) is 18.6. The second kappa shape index (κ2) is 13.6. The first-order valence-electron chi connectivity index (χ1n) is 12.0. The third kappa shape index (κ3) is 7.66. The molecule has 0 aliphatic rings. The van der Waals surface area contributed by atoms with E-state index in [-0.39, 0.29) is 5.57 Å². The molecule has 192 valence electrons. The molecule has 0 saturated carbocycles. The summed E-state index contributed by atoms with van der Waals surface area (Å²) in [5.41, 5.74) is 1.65. The lowest BCUT2D eigenvalue weighted by Gasteiger charge is -2.13. The summed E-state index contributed by atoms with van der Waals surface area (Å²) < 4.78 is 17.2. The second-order valence-electron chi connectivity index (χ2n) is 7.94. The van der Waals surface area contributed by atoms with Crippen LogP contribution >= 0.6 is 11.3 Å². The van der Waals surface area contributed by atoms with Gasteiger partial charge in [0.1, 0.15) is 35.6 Å². The van der Waals surface area contributed by atoms with Gasteiger partial charge in [-0.05, 0) is 48.4 Å². The lowest BCUT2D eigenvalue weighted by atomic mass is 10.1. The fourth-order valence-corrected chi connectivity index (χ4v) is 4.22. The van der Waals surface area contributed by atoms with Gasteiger partial charge in [-0.15, -0.1) is 10.2 Å². The van der Waals surface area contributed by atoms with E-state index in [1.807, 2.05) is 73.7 Å². The normalized spacial score (nSPS) is 10.9. The van der Waals surface area contributed by atoms with Gasteiger partial charge in [0, 0.05) is 6.42 Å². The van der Waals surface area contributed by atoms with Crippen LogP contribution in [0.25, 0.3) is 6.08 Å². The van der Waals surface area contributed by atoms with Gasteiger partial charge in [0.2, 0.25) is 5.13 Å². The van der Waals surface area contributed by atoms with Crippen molar-refractivity contribution in [1.82, 2.24) is 10.2 Å². The zero-order valence-corrected chi connectivity index (χ0v) is 21.6. The van der Waals surface area contributed by atoms with Gasteiger partial charge in [0.15, 0.2) is 11.5 Å². The van der Waals surface area contributed by atoms with Crippen molar-refractivity contribution >= 4 is 28.5 Å². The van der Waals surface area contributed by atoms with Crippen molar-refractivity contribution in [3.05, 3.63) is 101 Å². The molecule has 9 heteroatoms. The Hall–Kier alpha value is -4.68. The summed E-state index contributed by atoms with van der Waals surface area (Å²) in [6.07, 6.45) is 2.11. The van der Waals surface area contributed by atoms with Crippen molar-refractivity contribution < 1.29 is 19.0 Å². The molecule has 1 heterocycles. The number of hydrogen-bond acceptors (Lipinski definition) is 8. The van der Waals surface area contributed by atoms with Gasteiger partial charge in [0.25, 0.3) is 5.91 Å². The molecule has 1 aromatic heterocycles. The summed E-state index contributed by atoms with van der Waals surface area (Å²) in [6, 6.07) is 26.5. The summed E-state index contributed by atoms with van der Waals surface area (Å²) in [5, 5.41) is 21.5. The number of nitriles is 1. The van der Waals surface area contributed by atoms with Crippen molar-refractivity contribution in [2.75, 3.05) is 25.1 Å². The van der Waals surface area contributed by atoms with E-state index in [1.54, 1.807) is 18.2 Å². The number of amides is 1. The first kappa shape index (κ1) is 26.4. The van der Waals surface area contributed by atoms with E-state index in [1.165, 1.54) is 17.4 Å². The van der Waals surface area contributed by atoms with E-state index >= 15 is 0 Å². The van der Waals surface area contributed by atoms with Crippen LogP contribution in [0.1, 0.15) is 23.1 Å². The summed E-state index contributed by atoms with van der Waals surface area (Å²) in [5.74, 6) is 1.26. The van der Waals surface area contributed by atoms with Gasteiger partial charge in [-0.3, -0.25) is 10.1 Å². The Balaban J connectivity index is 1.38. The Morgan fingerprint density at radius 3 is 2.42 bits per heavy atom. The fourth-order valence-electron chi connectivity index (χ4n) is 3.46. The number of benzene rings is 3. The van der Waals surface area contributed by atoms with Crippen molar-refractivity contribution in [2.24, 2.45) is 0 Å². The van der Waals surface area contributed by atoms with Crippen molar-refractivity contribution in [3.63, 3.8) is 0 Å². The highest BCUT2D eigenvalue weighted by Crippen LogP contribution is 2.29. The lowest BCUT2D eigenvalue weighted by molar-refractivity contribution is -0.112. The topological polar surface area (TPSA) is 106 Å². The minimum absolute atomic E-state index is 0.0720. The van der Waals surface area contributed by atoms with Crippen LogP contribution < -0.4 is 19.5 Å². The van der Waals surface area contributed by atoms with Gasteiger partial charge in [-0.2, -0.15) is 5.26 Å². The van der Waals surface area contributed by atoms with Crippen molar-refractivity contribution in [3.8, 4) is 23.3 Å². The number of carbonyl (C=O) groups excluding carboxylic acids is 1. The second-order valence-corrected chi connectivity index (χ2v) is 9.00. The zero-order chi connectivity index (χ0) is 26.6. The number of rotatable bonds is 12. The van der Waals surface area contributed by atoms with Crippen LogP contribution in [-0.4, -0.2) is 35.9 Å². The Kier molecular flexibility index (Phi) is 9.43. The number of para-hydroxylation sites is 1. The molecule has 38 heavy (non-hydrogen) atoms. The predicted octanol–water partition coefficient (Wildman–Crippen LogP) is 5.53. The molecule has 3 aromatic carbocycles. The number of carbonyl (C=O) groups is 1. The molecule has 8 nitrogen and oxygen atoms in total. The highest BCUT2D eigenvalue weighted by Gasteiger charge is 2.14. The number of nitrogens with zero attached hydrogens (tertiary/aromatic N) is 3. The zero-order valence-electron chi connectivity index (χ0n) is 20.8. The molecule has 0 bridgehead atoms. The summed E-state index contributed by atoms with van der Waals surface area (Å²) in [6.45, 7) is 2.99. The Morgan fingerprint density at radius 1 is 0.947 bits per heavy atom. The van der Waals surface area contributed by atoms with Crippen LogP contribution in [0.4, 0.5) is 5.13 Å². The van der Waals surface area contributed by atoms with E-state index < -0.39 is 5.91 Å². The standard InChI is InChI=1S/C29H26N4O4S/c1-2-35-26-18-22(13-14-25(26)37-16-15-36-24-11-7-4-8-12-24)17-23(20-30)28(34)31-29-33-32-27(38-29)19-21-9-5-3-6-10-21/h3-14,17-18H,2,15-16,19H2,1H3,(H,31,33,34). The molecule has 4 rings (SSSR count). The van der Waals surface area contributed by atoms with Crippen LogP contribution in [0.5, 0.6) is 17.2 Å². The number of anilines is 1. The number of aromatic nitrogens is 2. The molecule has 0 atom stereocenters. The summed E-state index contributed by atoms with van der Waals surface area (Å²) in [4.78, 5) is 12.8. The predicted molar refractivity (Wildman–Crippen MR) is 146 cm³/mol. The fraction of sp³-hybridized carbons (Fsp3) is 0.172. The largest absolute Gasteiger partial charge is 0.490 e. The molecule has 0 aliphatic heterocycles. The molecular weight excluding hydrogens is 500 g/mol. The maximum atomic E-state index is 12.8. The highest BCUT2D eigenvalue weighted by molar-refractivity contribution is 7.15. The van der Waals surface area contributed by atoms with Crippen molar-refractivity contribution in [1.29, 1.82) is 5.26 Å². The number of hydrogen-bond donors (Lipinski definition) is 1. The van der Waals surface area contributed by atoms with Gasteiger partial charge in [0.05, 0.1) is 6.61 Å². The van der Waals surface area contributed by atoms with E-state index in [0.717, 1.165) is 16.3 Å². The quantitative estimate of drug-likeness (QED) is 0.147.